The zero-order chi connectivity index (χ0) is 27.5. The Morgan fingerprint density at radius 3 is 2.50 bits per heavy atom. The molecule has 1 saturated heterocycles. The number of hydrogen-bond acceptors (Lipinski definition) is 7. The first-order valence-electron chi connectivity index (χ1n) is 12.9. The summed E-state index contributed by atoms with van der Waals surface area (Å²) in [5.41, 5.74) is 2.74. The van der Waals surface area contributed by atoms with Gasteiger partial charge >= 0.3 is 0 Å². The van der Waals surface area contributed by atoms with Gasteiger partial charge in [0.15, 0.2) is 11.5 Å². The number of benzene rings is 3. The fourth-order valence-electron chi connectivity index (χ4n) is 4.94. The van der Waals surface area contributed by atoms with E-state index >= 15 is 0 Å². The number of ether oxygens (including phenoxy) is 3. The van der Waals surface area contributed by atoms with Crippen molar-refractivity contribution < 1.29 is 28.9 Å². The second kappa shape index (κ2) is 10.9. The summed E-state index contributed by atoms with van der Waals surface area (Å²) in [6.45, 7) is 1.30. The van der Waals surface area contributed by atoms with Gasteiger partial charge in [0.25, 0.3) is 11.7 Å². The fraction of sp³-hybridized carbons (Fsp3) is 0.156. The minimum atomic E-state index is -0.853. The van der Waals surface area contributed by atoms with Crippen LogP contribution in [-0.2, 0) is 22.7 Å². The van der Waals surface area contributed by atoms with Crippen molar-refractivity contribution in [3.8, 4) is 17.2 Å². The molecule has 200 valence electrons. The number of pyridine rings is 1. The molecule has 0 aliphatic carbocycles. The van der Waals surface area contributed by atoms with Crippen LogP contribution in [0.3, 0.4) is 0 Å². The Morgan fingerprint density at radius 1 is 0.900 bits per heavy atom. The van der Waals surface area contributed by atoms with E-state index in [4.69, 9.17) is 14.2 Å². The van der Waals surface area contributed by atoms with Gasteiger partial charge in [0.2, 0.25) is 0 Å². The van der Waals surface area contributed by atoms with Crippen LogP contribution in [0.15, 0.2) is 103 Å². The lowest BCUT2D eigenvalue weighted by Crippen LogP contribution is -2.29. The van der Waals surface area contributed by atoms with Crippen molar-refractivity contribution in [2.75, 3.05) is 13.2 Å². The van der Waals surface area contributed by atoms with Crippen LogP contribution < -0.4 is 14.2 Å². The highest BCUT2D eigenvalue weighted by Crippen LogP contribution is 2.42. The number of hydrogen-bond donors (Lipinski definition) is 1. The van der Waals surface area contributed by atoms with Gasteiger partial charge in [-0.05, 0) is 53.1 Å². The van der Waals surface area contributed by atoms with Crippen molar-refractivity contribution in [3.63, 3.8) is 0 Å². The molecule has 0 unspecified atom stereocenters. The number of likely N-dealkylation sites (tertiary alicyclic amines) is 1. The normalized spacial score (nSPS) is 17.6. The molecule has 1 N–H and O–H groups in total. The molecule has 0 bridgehead atoms. The Bertz CT molecular complexity index is 1590. The zero-order valence-electron chi connectivity index (χ0n) is 21.5. The molecule has 6 rings (SSSR count). The lowest BCUT2D eigenvalue weighted by atomic mass is 9.95. The molecular weight excluding hydrogens is 508 g/mol. The predicted molar refractivity (Wildman–Crippen MR) is 147 cm³/mol. The first-order chi connectivity index (χ1) is 19.6. The number of rotatable bonds is 7. The van der Waals surface area contributed by atoms with E-state index in [0.29, 0.717) is 48.2 Å². The van der Waals surface area contributed by atoms with E-state index in [1.54, 1.807) is 42.7 Å². The summed E-state index contributed by atoms with van der Waals surface area (Å²) < 4.78 is 17.3. The molecule has 3 heterocycles. The number of Topliss-reactive ketones (excluding diaryl/α,β-unsaturated/α-hetero) is 1. The summed E-state index contributed by atoms with van der Waals surface area (Å²) in [4.78, 5) is 32.5. The van der Waals surface area contributed by atoms with Crippen LogP contribution in [0.2, 0.25) is 0 Å². The van der Waals surface area contributed by atoms with Crippen molar-refractivity contribution in [1.29, 1.82) is 0 Å². The molecule has 40 heavy (non-hydrogen) atoms. The molecule has 3 aromatic carbocycles. The maximum absolute atomic E-state index is 13.5. The molecule has 2 aliphatic heterocycles. The third-order valence-electron chi connectivity index (χ3n) is 6.85. The number of fused-ring (bicyclic) bond motifs is 1. The number of aliphatic hydroxyl groups is 1. The van der Waals surface area contributed by atoms with Gasteiger partial charge in [-0.3, -0.25) is 14.6 Å². The lowest BCUT2D eigenvalue weighted by Gasteiger charge is -2.26. The van der Waals surface area contributed by atoms with Crippen LogP contribution in [0.25, 0.3) is 5.76 Å². The molecule has 4 aromatic rings. The predicted octanol–water partition coefficient (Wildman–Crippen LogP) is 5.05. The van der Waals surface area contributed by atoms with Crippen LogP contribution >= 0.6 is 0 Å². The van der Waals surface area contributed by atoms with E-state index < -0.39 is 17.7 Å². The summed E-state index contributed by atoms with van der Waals surface area (Å²) in [6, 6.07) is 24.7. The van der Waals surface area contributed by atoms with Crippen LogP contribution in [-0.4, -0.2) is 39.9 Å². The molecule has 1 fully saturated rings. The van der Waals surface area contributed by atoms with E-state index in [1.165, 1.54) is 4.90 Å². The summed E-state index contributed by atoms with van der Waals surface area (Å²) >= 11 is 0. The fourth-order valence-corrected chi connectivity index (χ4v) is 4.94. The highest BCUT2D eigenvalue weighted by Gasteiger charge is 2.46. The van der Waals surface area contributed by atoms with Gasteiger partial charge in [0.1, 0.15) is 31.3 Å². The Labute approximate surface area is 231 Å². The first-order valence-corrected chi connectivity index (χ1v) is 12.9. The van der Waals surface area contributed by atoms with Gasteiger partial charge in [-0.25, -0.2) is 0 Å². The first kappa shape index (κ1) is 25.2. The minimum Gasteiger partial charge on any atom is -0.507 e. The topological polar surface area (TPSA) is 98.2 Å². The second-order valence-corrected chi connectivity index (χ2v) is 9.49. The van der Waals surface area contributed by atoms with Crippen molar-refractivity contribution in [2.45, 2.75) is 19.2 Å². The SMILES string of the molecule is O=C1C(=O)N(Cc2cccnc2)[C@H](c2cccc(OCc3ccccc3)c2)/C1=C(\O)c1ccc2c(c1)OCCO2. The van der Waals surface area contributed by atoms with Crippen LogP contribution in [0.1, 0.15) is 28.3 Å². The van der Waals surface area contributed by atoms with Gasteiger partial charge in [0.05, 0.1) is 11.6 Å². The molecule has 1 aromatic heterocycles. The van der Waals surface area contributed by atoms with Crippen LogP contribution in [0.4, 0.5) is 0 Å². The average molecular weight is 535 g/mol. The molecule has 2 aliphatic rings. The number of carbonyl (C=O) groups excluding carboxylic acids is 2. The molecule has 1 amide bonds. The van der Waals surface area contributed by atoms with Crippen molar-refractivity contribution in [2.24, 2.45) is 0 Å². The van der Waals surface area contributed by atoms with E-state index in [1.807, 2.05) is 54.6 Å². The number of nitrogens with zero attached hydrogens (tertiary/aromatic N) is 2. The molecule has 0 saturated carbocycles. The number of ketones is 1. The molecule has 1 atom stereocenters. The van der Waals surface area contributed by atoms with Crippen LogP contribution in [0, 0.1) is 0 Å². The van der Waals surface area contributed by atoms with Gasteiger partial charge in [-0.15, -0.1) is 0 Å². The zero-order valence-corrected chi connectivity index (χ0v) is 21.5. The smallest absolute Gasteiger partial charge is 0.295 e. The van der Waals surface area contributed by atoms with Gasteiger partial charge < -0.3 is 24.2 Å². The largest absolute Gasteiger partial charge is 0.507 e. The molecule has 8 heteroatoms. The molecule has 8 nitrogen and oxygen atoms in total. The molecule has 0 spiro atoms. The Hall–Kier alpha value is -5.11. The van der Waals surface area contributed by atoms with E-state index in [-0.39, 0.29) is 17.9 Å². The summed E-state index contributed by atoms with van der Waals surface area (Å²) in [5, 5.41) is 11.5. The highest BCUT2D eigenvalue weighted by molar-refractivity contribution is 6.46. The Kier molecular flexibility index (Phi) is 6.89. The van der Waals surface area contributed by atoms with E-state index in [0.717, 1.165) is 11.1 Å². The van der Waals surface area contributed by atoms with Crippen LogP contribution in [0.5, 0.6) is 17.2 Å². The average Bonchev–Trinajstić information content (AvgIpc) is 3.25. The maximum Gasteiger partial charge on any atom is 0.295 e. The Morgan fingerprint density at radius 2 is 1.70 bits per heavy atom. The van der Waals surface area contributed by atoms with E-state index in [9.17, 15) is 14.7 Å². The Balaban J connectivity index is 1.41. The standard InChI is InChI=1S/C32H26N2O6/c35-30(24-11-12-26-27(17-24)39-15-14-38-26)28-29(34(32(37)31(28)36)19-22-8-5-13-33-18-22)23-9-4-10-25(16-23)40-20-21-6-2-1-3-7-21/h1-13,16-18,29,35H,14-15,19-20H2/b30-28+/t29-/m1/s1. The second-order valence-electron chi connectivity index (χ2n) is 9.49. The van der Waals surface area contributed by atoms with Gasteiger partial charge in [-0.1, -0.05) is 48.5 Å². The minimum absolute atomic E-state index is 0.00854. The third-order valence-corrected chi connectivity index (χ3v) is 6.85. The van der Waals surface area contributed by atoms with E-state index in [2.05, 4.69) is 4.98 Å². The number of aliphatic hydroxyl groups excluding tert-OH is 1. The number of aromatic nitrogens is 1. The summed E-state index contributed by atoms with van der Waals surface area (Å²) in [6.07, 6.45) is 3.29. The van der Waals surface area contributed by atoms with Crippen molar-refractivity contribution in [1.82, 2.24) is 9.88 Å². The number of amides is 1. The molecule has 0 radical (unpaired) electrons. The summed E-state index contributed by atoms with van der Waals surface area (Å²) in [7, 11) is 0. The lowest BCUT2D eigenvalue weighted by molar-refractivity contribution is -0.140. The highest BCUT2D eigenvalue weighted by atomic mass is 16.6. The molecular formula is C32H26N2O6. The van der Waals surface area contributed by atoms with Crippen molar-refractivity contribution in [3.05, 3.63) is 125 Å². The quantitative estimate of drug-likeness (QED) is 0.201. The number of carbonyl (C=O) groups is 2. The van der Waals surface area contributed by atoms with Crippen molar-refractivity contribution >= 4 is 17.4 Å². The monoisotopic (exact) mass is 534 g/mol. The van der Waals surface area contributed by atoms with Gasteiger partial charge in [-0.2, -0.15) is 0 Å². The van der Waals surface area contributed by atoms with Gasteiger partial charge in [0, 0.05) is 24.5 Å². The maximum atomic E-state index is 13.5. The third kappa shape index (κ3) is 4.99. The summed E-state index contributed by atoms with van der Waals surface area (Å²) in [5.74, 6) is -0.162.